The highest BCUT2D eigenvalue weighted by atomic mass is 35.5. The third kappa shape index (κ3) is 4.56. The van der Waals surface area contributed by atoms with Crippen LogP contribution in [0, 0.1) is 0 Å². The fourth-order valence-electron chi connectivity index (χ4n) is 3.70. The molecule has 2 amide bonds. The fourth-order valence-corrected chi connectivity index (χ4v) is 3.99. The molecule has 1 fully saturated rings. The van der Waals surface area contributed by atoms with Crippen LogP contribution in [0.1, 0.15) is 31.4 Å². The molecular formula is C21H22ClN3O6. The van der Waals surface area contributed by atoms with E-state index in [-0.39, 0.29) is 10.7 Å². The monoisotopic (exact) mass is 447 g/mol. The molecule has 2 heterocycles. The summed E-state index contributed by atoms with van der Waals surface area (Å²) >= 11 is 6.00. The summed E-state index contributed by atoms with van der Waals surface area (Å²) < 4.78 is 4.60. The number of nitrogens with zero attached hydrogens (tertiary/aromatic N) is 1. The van der Waals surface area contributed by atoms with E-state index in [2.05, 4.69) is 15.4 Å². The number of fused-ring (bicyclic) bond motifs is 1. The minimum absolute atomic E-state index is 0.120. The lowest BCUT2D eigenvalue weighted by molar-refractivity contribution is -0.156. The number of allylic oxidation sites excluding steroid dienone is 2. The van der Waals surface area contributed by atoms with Crippen molar-refractivity contribution in [1.82, 2.24) is 15.5 Å². The Morgan fingerprint density at radius 3 is 2.58 bits per heavy atom. The van der Waals surface area contributed by atoms with Crippen molar-refractivity contribution in [3.63, 3.8) is 0 Å². The van der Waals surface area contributed by atoms with Crippen LogP contribution < -0.4 is 10.6 Å². The summed E-state index contributed by atoms with van der Waals surface area (Å²) in [5, 5.41) is 15.2. The number of hydrogen-bond donors (Lipinski definition) is 3. The lowest BCUT2D eigenvalue weighted by Crippen LogP contribution is -2.72. The van der Waals surface area contributed by atoms with Crippen molar-refractivity contribution < 1.29 is 29.0 Å². The molecule has 0 bridgehead atoms. The molecule has 2 aliphatic rings. The first-order valence-corrected chi connectivity index (χ1v) is 9.95. The van der Waals surface area contributed by atoms with Crippen molar-refractivity contribution in [2.45, 2.75) is 37.9 Å². The van der Waals surface area contributed by atoms with Crippen LogP contribution in [0.2, 0.25) is 0 Å². The molecule has 1 aromatic carbocycles. The molecular weight excluding hydrogens is 426 g/mol. The van der Waals surface area contributed by atoms with Crippen molar-refractivity contribution in [3.05, 3.63) is 58.4 Å². The molecule has 1 aromatic rings. The number of esters is 1. The number of carboxylic acid groups (broad SMARTS) is 1. The Kier molecular flexibility index (Phi) is 6.65. The Labute approximate surface area is 183 Å². The molecule has 3 atom stereocenters. The minimum atomic E-state index is -1.28. The number of halogens is 1. The second kappa shape index (κ2) is 9.22. The molecule has 0 radical (unpaired) electrons. The van der Waals surface area contributed by atoms with Crippen LogP contribution in [-0.4, -0.2) is 53.0 Å². The normalized spacial score (nSPS) is 21.6. The molecule has 0 saturated carbocycles. The molecule has 0 aromatic heterocycles. The maximum atomic E-state index is 13.1. The van der Waals surface area contributed by atoms with Crippen molar-refractivity contribution in [3.8, 4) is 0 Å². The van der Waals surface area contributed by atoms with Gasteiger partial charge in [-0.1, -0.05) is 41.9 Å². The number of carbonyl (C=O) groups is 4. The lowest BCUT2D eigenvalue weighted by atomic mass is 9.86. The van der Waals surface area contributed by atoms with Gasteiger partial charge in [0.1, 0.15) is 17.8 Å². The lowest BCUT2D eigenvalue weighted by Gasteiger charge is -2.49. The fraction of sp³-hybridized carbons (Fsp3) is 0.333. The van der Waals surface area contributed by atoms with Gasteiger partial charge in [-0.15, -0.1) is 0 Å². The number of ether oxygens (including phenoxy) is 1. The van der Waals surface area contributed by atoms with Crippen LogP contribution in [0.25, 0.3) is 0 Å². The summed E-state index contributed by atoms with van der Waals surface area (Å²) in [5.41, 5.74) is 0.792. The highest BCUT2D eigenvalue weighted by molar-refractivity contribution is 6.32. The van der Waals surface area contributed by atoms with E-state index in [1.165, 1.54) is 13.2 Å². The number of β-lactam (4-membered cyclic amide) rings is 1. The van der Waals surface area contributed by atoms with Crippen LogP contribution in [-0.2, 0) is 23.9 Å². The second-order valence-electron chi connectivity index (χ2n) is 7.20. The van der Waals surface area contributed by atoms with Crippen LogP contribution in [0.15, 0.2) is 52.8 Å². The van der Waals surface area contributed by atoms with Gasteiger partial charge in [0.25, 0.3) is 5.91 Å². The summed E-state index contributed by atoms with van der Waals surface area (Å²) in [5.74, 6) is -2.86. The van der Waals surface area contributed by atoms with Crippen molar-refractivity contribution in [1.29, 1.82) is 0 Å². The standard InChI is InChI=1S/C21H22ClN3O6/c1-11(10-15(26)31-2)23-16(12-6-4-3-5-7-12)19(27)24-17-14-9-8-13(22)18(21(29)30)25(14)20(17)28/h3-7,10,14,16-17,23H,8-9H2,1-2H3,(H,24,27)(H,29,30). The number of amides is 2. The van der Waals surface area contributed by atoms with Gasteiger partial charge in [0, 0.05) is 16.8 Å². The second-order valence-corrected chi connectivity index (χ2v) is 7.65. The van der Waals surface area contributed by atoms with Crippen molar-refractivity contribution >= 4 is 35.4 Å². The predicted molar refractivity (Wildman–Crippen MR) is 110 cm³/mol. The molecule has 164 valence electrons. The first-order chi connectivity index (χ1) is 14.7. The number of nitrogens with one attached hydrogen (secondary N) is 2. The smallest absolute Gasteiger partial charge is 0.353 e. The van der Waals surface area contributed by atoms with Gasteiger partial charge in [-0.05, 0) is 25.3 Å². The van der Waals surface area contributed by atoms with E-state index in [0.29, 0.717) is 24.1 Å². The Balaban J connectivity index is 1.79. The van der Waals surface area contributed by atoms with Crippen LogP contribution in [0.5, 0.6) is 0 Å². The molecule has 1 saturated heterocycles. The number of carboxylic acids is 1. The van der Waals surface area contributed by atoms with Gasteiger partial charge in [0.2, 0.25) is 5.91 Å². The molecule has 3 rings (SSSR count). The molecule has 0 aliphatic carbocycles. The number of hydrogen-bond acceptors (Lipinski definition) is 6. The quantitative estimate of drug-likeness (QED) is 0.328. The van der Waals surface area contributed by atoms with Crippen molar-refractivity contribution in [2.75, 3.05) is 7.11 Å². The van der Waals surface area contributed by atoms with Crippen LogP contribution >= 0.6 is 11.6 Å². The Bertz CT molecular complexity index is 975. The van der Waals surface area contributed by atoms with Crippen molar-refractivity contribution in [2.24, 2.45) is 0 Å². The Morgan fingerprint density at radius 2 is 1.97 bits per heavy atom. The van der Waals surface area contributed by atoms with Crippen LogP contribution in [0.4, 0.5) is 0 Å². The first kappa shape index (κ1) is 22.4. The van der Waals surface area contributed by atoms with Gasteiger partial charge in [-0.3, -0.25) is 14.5 Å². The van der Waals surface area contributed by atoms with E-state index in [1.54, 1.807) is 37.3 Å². The average Bonchev–Trinajstić information content (AvgIpc) is 2.75. The highest BCUT2D eigenvalue weighted by Crippen LogP contribution is 2.38. The highest BCUT2D eigenvalue weighted by Gasteiger charge is 2.53. The Hall–Kier alpha value is -3.33. The third-order valence-corrected chi connectivity index (χ3v) is 5.55. The van der Waals surface area contributed by atoms with Gasteiger partial charge < -0.3 is 20.5 Å². The Morgan fingerprint density at radius 1 is 1.29 bits per heavy atom. The molecule has 3 N–H and O–H groups in total. The van der Waals surface area contributed by atoms with Gasteiger partial charge in [-0.2, -0.15) is 0 Å². The molecule has 3 unspecified atom stereocenters. The van der Waals surface area contributed by atoms with E-state index in [9.17, 15) is 24.3 Å². The van der Waals surface area contributed by atoms with Gasteiger partial charge in [-0.25, -0.2) is 9.59 Å². The largest absolute Gasteiger partial charge is 0.477 e. The number of aliphatic carboxylic acids is 1. The maximum Gasteiger partial charge on any atom is 0.353 e. The molecule has 10 heteroatoms. The molecule has 0 spiro atoms. The zero-order chi connectivity index (χ0) is 22.7. The summed E-state index contributed by atoms with van der Waals surface area (Å²) in [6, 6.07) is 6.59. The van der Waals surface area contributed by atoms with E-state index in [0.717, 1.165) is 4.90 Å². The van der Waals surface area contributed by atoms with E-state index >= 15 is 0 Å². The third-order valence-electron chi connectivity index (χ3n) is 5.18. The predicted octanol–water partition coefficient (Wildman–Crippen LogP) is 1.42. The summed E-state index contributed by atoms with van der Waals surface area (Å²) in [6.45, 7) is 1.61. The summed E-state index contributed by atoms with van der Waals surface area (Å²) in [7, 11) is 1.25. The van der Waals surface area contributed by atoms with Crippen LogP contribution in [0.3, 0.4) is 0 Å². The summed E-state index contributed by atoms with van der Waals surface area (Å²) in [6.07, 6.45) is 1.97. The zero-order valence-electron chi connectivity index (χ0n) is 16.9. The zero-order valence-corrected chi connectivity index (χ0v) is 17.7. The van der Waals surface area contributed by atoms with E-state index in [4.69, 9.17) is 11.6 Å². The van der Waals surface area contributed by atoms with E-state index < -0.39 is 41.9 Å². The first-order valence-electron chi connectivity index (χ1n) is 9.57. The number of carbonyl (C=O) groups excluding carboxylic acids is 3. The van der Waals surface area contributed by atoms with E-state index in [1.807, 2.05) is 0 Å². The molecule has 31 heavy (non-hydrogen) atoms. The maximum absolute atomic E-state index is 13.1. The molecule has 9 nitrogen and oxygen atoms in total. The summed E-state index contributed by atoms with van der Waals surface area (Å²) in [4.78, 5) is 49.8. The van der Waals surface area contributed by atoms with Gasteiger partial charge >= 0.3 is 11.9 Å². The minimum Gasteiger partial charge on any atom is -0.477 e. The SMILES string of the molecule is COC(=O)C=C(C)NC(C(=O)NC1C(=O)N2C(C(=O)O)=C(Cl)CCC12)c1ccccc1. The average molecular weight is 448 g/mol. The van der Waals surface area contributed by atoms with Gasteiger partial charge in [0.15, 0.2) is 0 Å². The topological polar surface area (TPSA) is 125 Å². The molecule has 2 aliphatic heterocycles. The number of methoxy groups -OCH3 is 1. The number of rotatable bonds is 7. The number of benzene rings is 1. The van der Waals surface area contributed by atoms with Gasteiger partial charge in [0.05, 0.1) is 13.2 Å².